The van der Waals surface area contributed by atoms with Crippen molar-refractivity contribution in [1.82, 2.24) is 30.2 Å². The molecule has 0 radical (unpaired) electrons. The first-order chi connectivity index (χ1) is 14.5. The Morgan fingerprint density at radius 2 is 2.07 bits per heavy atom. The van der Waals surface area contributed by atoms with Crippen LogP contribution in [0.5, 0.6) is 0 Å². The van der Waals surface area contributed by atoms with E-state index in [9.17, 15) is 4.79 Å². The summed E-state index contributed by atoms with van der Waals surface area (Å²) in [5.74, 6) is 0.0996. The molecule has 2 atom stereocenters. The lowest BCUT2D eigenvalue weighted by atomic mass is 9.91. The average molecular weight is 408 g/mol. The molecule has 0 aliphatic heterocycles. The number of nitrogens with two attached hydrogens (primary N) is 2. The van der Waals surface area contributed by atoms with E-state index in [4.69, 9.17) is 11.5 Å². The minimum absolute atomic E-state index is 0.0465. The van der Waals surface area contributed by atoms with Crippen LogP contribution in [0.25, 0.3) is 5.69 Å². The number of carbonyl (C=O) groups is 1. The number of aryl methyl sites for hydroxylation is 1. The van der Waals surface area contributed by atoms with E-state index in [1.54, 1.807) is 4.68 Å². The number of aromatic nitrogens is 6. The second kappa shape index (κ2) is 8.41. The molecule has 1 aromatic carbocycles. The average Bonchev–Trinajstić information content (AvgIpc) is 3.24. The molecule has 0 bridgehead atoms. The van der Waals surface area contributed by atoms with Crippen molar-refractivity contribution in [3.63, 3.8) is 0 Å². The predicted molar refractivity (Wildman–Crippen MR) is 112 cm³/mol. The Labute approximate surface area is 173 Å². The van der Waals surface area contributed by atoms with Gasteiger partial charge < -0.3 is 22.1 Å². The number of amides is 1. The number of anilines is 3. The molecular formula is C19H24N10O. The molecule has 1 amide bonds. The van der Waals surface area contributed by atoms with E-state index >= 15 is 0 Å². The summed E-state index contributed by atoms with van der Waals surface area (Å²) < 4.78 is 1.55. The van der Waals surface area contributed by atoms with Crippen LogP contribution in [0, 0.1) is 6.92 Å². The number of tetrazole rings is 1. The van der Waals surface area contributed by atoms with Gasteiger partial charge in [-0.1, -0.05) is 12.8 Å². The van der Waals surface area contributed by atoms with Crippen LogP contribution < -0.4 is 22.1 Å². The van der Waals surface area contributed by atoms with Crippen LogP contribution in [0.2, 0.25) is 0 Å². The summed E-state index contributed by atoms with van der Waals surface area (Å²) in [7, 11) is 0. The molecule has 30 heavy (non-hydrogen) atoms. The zero-order chi connectivity index (χ0) is 21.1. The van der Waals surface area contributed by atoms with E-state index in [0.717, 1.165) is 36.9 Å². The number of nitrogens with one attached hydrogen (secondary N) is 2. The van der Waals surface area contributed by atoms with Gasteiger partial charge in [0.05, 0.1) is 5.69 Å². The van der Waals surface area contributed by atoms with Crippen molar-refractivity contribution in [2.24, 2.45) is 11.5 Å². The van der Waals surface area contributed by atoms with E-state index in [1.165, 1.54) is 12.5 Å². The molecule has 1 aliphatic carbocycles. The zero-order valence-electron chi connectivity index (χ0n) is 16.6. The zero-order valence-corrected chi connectivity index (χ0v) is 16.6. The maximum Gasteiger partial charge on any atom is 0.254 e. The van der Waals surface area contributed by atoms with Gasteiger partial charge >= 0.3 is 0 Å². The first kappa shape index (κ1) is 19.7. The Kier molecular flexibility index (Phi) is 5.53. The third-order valence-corrected chi connectivity index (χ3v) is 5.13. The van der Waals surface area contributed by atoms with Crippen molar-refractivity contribution in [2.45, 2.75) is 44.7 Å². The van der Waals surface area contributed by atoms with Gasteiger partial charge in [-0.25, -0.2) is 9.67 Å². The lowest BCUT2D eigenvalue weighted by Gasteiger charge is -2.29. The standard InChI is InChI=1S/C19H24N10O/c1-11-6-12(8-13(7-11)29-10-23-27-28-29)24-18-14(17(21)30)9-22-19(26-18)25-16-5-3-2-4-15(16)20/h6-10,15-16H,2-5,20H2,1H3,(H2,21,30)(H2,22,24,25,26)/t15-,16+/m0/s1. The van der Waals surface area contributed by atoms with Gasteiger partial charge in [-0.2, -0.15) is 4.98 Å². The molecule has 2 aromatic heterocycles. The van der Waals surface area contributed by atoms with Crippen LogP contribution >= 0.6 is 0 Å². The Morgan fingerprint density at radius 3 is 2.80 bits per heavy atom. The number of benzene rings is 1. The molecule has 0 saturated heterocycles. The highest BCUT2D eigenvalue weighted by Gasteiger charge is 2.23. The smallest absolute Gasteiger partial charge is 0.254 e. The van der Waals surface area contributed by atoms with Gasteiger partial charge in [0.25, 0.3) is 5.91 Å². The van der Waals surface area contributed by atoms with Gasteiger partial charge in [0.15, 0.2) is 0 Å². The second-order valence-electron chi connectivity index (χ2n) is 7.46. The molecule has 1 fully saturated rings. The third-order valence-electron chi connectivity index (χ3n) is 5.13. The maximum absolute atomic E-state index is 11.9. The lowest BCUT2D eigenvalue weighted by molar-refractivity contribution is 0.100. The predicted octanol–water partition coefficient (Wildman–Crippen LogP) is 1.29. The molecule has 1 aliphatic rings. The molecular weight excluding hydrogens is 384 g/mol. The van der Waals surface area contributed by atoms with E-state index in [-0.39, 0.29) is 17.6 Å². The Bertz CT molecular complexity index is 1040. The summed E-state index contributed by atoms with van der Waals surface area (Å²) in [6.07, 6.45) is 7.09. The normalized spacial score (nSPS) is 18.7. The van der Waals surface area contributed by atoms with Gasteiger partial charge in [-0.3, -0.25) is 4.79 Å². The molecule has 1 saturated carbocycles. The van der Waals surface area contributed by atoms with Gasteiger partial charge in [0, 0.05) is 24.0 Å². The number of primary amides is 1. The highest BCUT2D eigenvalue weighted by molar-refractivity contribution is 5.98. The number of hydrogen-bond donors (Lipinski definition) is 4. The summed E-state index contributed by atoms with van der Waals surface area (Å²) in [6, 6.07) is 5.85. The van der Waals surface area contributed by atoms with Crippen molar-refractivity contribution in [1.29, 1.82) is 0 Å². The summed E-state index contributed by atoms with van der Waals surface area (Å²) in [6.45, 7) is 1.95. The summed E-state index contributed by atoms with van der Waals surface area (Å²) in [5, 5.41) is 17.7. The van der Waals surface area contributed by atoms with E-state index < -0.39 is 5.91 Å². The molecule has 4 rings (SSSR count). The lowest BCUT2D eigenvalue weighted by Crippen LogP contribution is -2.43. The topological polar surface area (TPSA) is 163 Å². The van der Waals surface area contributed by atoms with Crippen LogP contribution in [0.3, 0.4) is 0 Å². The van der Waals surface area contributed by atoms with E-state index in [0.29, 0.717) is 17.5 Å². The molecule has 3 aromatic rings. The summed E-state index contributed by atoms with van der Waals surface area (Å²) in [4.78, 5) is 20.7. The third kappa shape index (κ3) is 4.35. The fourth-order valence-corrected chi connectivity index (χ4v) is 3.62. The minimum Gasteiger partial charge on any atom is -0.365 e. The minimum atomic E-state index is -0.619. The molecule has 156 valence electrons. The Balaban J connectivity index is 1.63. The van der Waals surface area contributed by atoms with Crippen LogP contribution in [0.1, 0.15) is 41.6 Å². The summed E-state index contributed by atoms with van der Waals surface area (Å²) >= 11 is 0. The van der Waals surface area contributed by atoms with Crippen molar-refractivity contribution < 1.29 is 4.79 Å². The first-order valence-corrected chi connectivity index (χ1v) is 9.80. The van der Waals surface area contributed by atoms with Crippen LogP contribution in [0.4, 0.5) is 17.5 Å². The molecule has 0 unspecified atom stereocenters. The molecule has 2 heterocycles. The van der Waals surface area contributed by atoms with Gasteiger partial charge in [-0.15, -0.1) is 5.10 Å². The first-order valence-electron chi connectivity index (χ1n) is 9.80. The van der Waals surface area contributed by atoms with Gasteiger partial charge in [0.2, 0.25) is 5.95 Å². The maximum atomic E-state index is 11.9. The van der Waals surface area contributed by atoms with Crippen LogP contribution in [0.15, 0.2) is 30.7 Å². The monoisotopic (exact) mass is 408 g/mol. The van der Waals surface area contributed by atoms with Crippen LogP contribution in [-0.2, 0) is 0 Å². The SMILES string of the molecule is Cc1cc(Nc2nc(N[C@@H]3CCCC[C@@H]3N)ncc2C(N)=O)cc(-n2cnnn2)c1. The van der Waals surface area contributed by atoms with Crippen LogP contribution in [-0.4, -0.2) is 48.2 Å². The number of hydrogen-bond acceptors (Lipinski definition) is 9. The number of rotatable bonds is 6. The Hall–Kier alpha value is -3.60. The van der Waals surface area contributed by atoms with E-state index in [1.807, 2.05) is 25.1 Å². The molecule has 0 spiro atoms. The second-order valence-corrected chi connectivity index (χ2v) is 7.46. The summed E-state index contributed by atoms with van der Waals surface area (Å²) in [5.41, 5.74) is 14.4. The van der Waals surface area contributed by atoms with Crippen molar-refractivity contribution in [3.05, 3.63) is 41.9 Å². The Morgan fingerprint density at radius 1 is 1.23 bits per heavy atom. The fraction of sp³-hybridized carbons (Fsp3) is 0.368. The largest absolute Gasteiger partial charge is 0.365 e. The molecule has 6 N–H and O–H groups in total. The van der Waals surface area contributed by atoms with Crippen molar-refractivity contribution in [2.75, 3.05) is 10.6 Å². The quantitative estimate of drug-likeness (QED) is 0.470. The highest BCUT2D eigenvalue weighted by Crippen LogP contribution is 2.25. The van der Waals surface area contributed by atoms with Crippen molar-refractivity contribution in [3.8, 4) is 5.69 Å². The van der Waals surface area contributed by atoms with Gasteiger partial charge in [0.1, 0.15) is 17.7 Å². The van der Waals surface area contributed by atoms with Crippen molar-refractivity contribution >= 4 is 23.4 Å². The van der Waals surface area contributed by atoms with E-state index in [2.05, 4.69) is 36.1 Å². The molecule has 11 nitrogen and oxygen atoms in total. The number of carbonyl (C=O) groups excluding carboxylic acids is 1. The fourth-order valence-electron chi connectivity index (χ4n) is 3.62. The number of nitrogens with zero attached hydrogens (tertiary/aromatic N) is 6. The highest BCUT2D eigenvalue weighted by atomic mass is 16.1. The van der Waals surface area contributed by atoms with Gasteiger partial charge in [-0.05, 0) is 54.0 Å². The molecule has 11 heteroatoms.